The molecule has 5 heterocycles. The molecule has 2 aliphatic heterocycles. The lowest BCUT2D eigenvalue weighted by Gasteiger charge is -2.40. The van der Waals surface area contributed by atoms with E-state index in [1.807, 2.05) is 31.7 Å². The predicted molar refractivity (Wildman–Crippen MR) is 167 cm³/mol. The number of halogens is 2. The van der Waals surface area contributed by atoms with Crippen LogP contribution in [-0.4, -0.2) is 62.5 Å². The van der Waals surface area contributed by atoms with Crippen LogP contribution in [0.1, 0.15) is 50.8 Å². The summed E-state index contributed by atoms with van der Waals surface area (Å²) < 4.78 is 33.1. The van der Waals surface area contributed by atoms with Crippen molar-refractivity contribution >= 4 is 28.4 Å². The van der Waals surface area contributed by atoms with Gasteiger partial charge in [0.2, 0.25) is 5.91 Å². The summed E-state index contributed by atoms with van der Waals surface area (Å²) in [5, 5.41) is 3.58. The van der Waals surface area contributed by atoms with Crippen LogP contribution in [0.3, 0.4) is 0 Å². The Hall–Kier alpha value is -4.67. The van der Waals surface area contributed by atoms with Crippen molar-refractivity contribution < 1.29 is 13.6 Å². The molecule has 2 bridgehead atoms. The van der Waals surface area contributed by atoms with E-state index >= 15 is 8.78 Å². The van der Waals surface area contributed by atoms with Gasteiger partial charge in [0, 0.05) is 44.1 Å². The summed E-state index contributed by atoms with van der Waals surface area (Å²) in [5.41, 5.74) is 1.98. The van der Waals surface area contributed by atoms with Crippen molar-refractivity contribution in [3.8, 4) is 16.9 Å². The average Bonchev–Trinajstić information content (AvgIpc) is 3.01. The molecule has 44 heavy (non-hydrogen) atoms. The summed E-state index contributed by atoms with van der Waals surface area (Å²) in [6, 6.07) is 7.51. The number of amides is 1. The van der Waals surface area contributed by atoms with Crippen LogP contribution in [0.5, 0.6) is 0 Å². The molecule has 11 heteroatoms. The number of benzene rings is 1. The molecule has 4 aromatic rings. The fraction of sp³-hybridized carbons (Fsp3) is 0.364. The van der Waals surface area contributed by atoms with Crippen molar-refractivity contribution in [2.24, 2.45) is 0 Å². The fourth-order valence-corrected chi connectivity index (χ4v) is 6.27. The first kappa shape index (κ1) is 29.4. The number of nitrogens with one attached hydrogen (secondary N) is 1. The Labute approximate surface area is 254 Å². The van der Waals surface area contributed by atoms with Crippen LogP contribution in [0, 0.1) is 11.6 Å². The van der Waals surface area contributed by atoms with Gasteiger partial charge in [-0.15, -0.1) is 0 Å². The van der Waals surface area contributed by atoms with E-state index in [1.165, 1.54) is 22.8 Å². The third kappa shape index (κ3) is 5.10. The summed E-state index contributed by atoms with van der Waals surface area (Å²) in [6.07, 6.45) is 5.24. The van der Waals surface area contributed by atoms with E-state index in [-0.39, 0.29) is 40.6 Å². The van der Waals surface area contributed by atoms with Crippen LogP contribution < -0.4 is 15.9 Å². The van der Waals surface area contributed by atoms with Crippen LogP contribution in [0.4, 0.5) is 20.3 Å². The first-order chi connectivity index (χ1) is 21.2. The SMILES string of the molecule is C=CC(=O)N1CCN(c2nc(=O)n3c4nc(c(F)cc24)-c2c(F)cccc2NCCCCc2ccnc(C(C)C)c2-3)[C@@H](C)C1. The molecule has 228 valence electrons. The molecule has 1 aromatic carbocycles. The van der Waals surface area contributed by atoms with Crippen molar-refractivity contribution in [1.82, 2.24) is 24.4 Å². The predicted octanol–water partition coefficient (Wildman–Crippen LogP) is 5.22. The molecule has 1 atom stereocenters. The fourth-order valence-electron chi connectivity index (χ4n) is 6.27. The van der Waals surface area contributed by atoms with Gasteiger partial charge in [0.05, 0.1) is 22.3 Å². The lowest BCUT2D eigenvalue weighted by molar-refractivity contribution is -0.126. The minimum absolute atomic E-state index is 0.00363. The standard InChI is InChI=1S/C33H35F2N7O2/c1-5-26(43)40-15-16-41(20(4)18-40)31-22-17-24(35)29-27-23(34)10-8-11-25(27)36-13-7-6-9-21-12-14-37-28(19(2)3)30(21)42(32(22)38-29)33(44)39-31/h5,8,10-12,14,17,19-20,36H,1,6-7,9,13,15-16,18H2,2-4H3/t20-/m0/s1. The molecular weight excluding hydrogens is 564 g/mol. The maximum atomic E-state index is 16.2. The molecule has 2 aliphatic rings. The minimum Gasteiger partial charge on any atom is -0.384 e. The maximum Gasteiger partial charge on any atom is 0.355 e. The minimum atomic E-state index is -0.739. The van der Waals surface area contributed by atoms with E-state index < -0.39 is 17.3 Å². The third-order valence-electron chi connectivity index (χ3n) is 8.43. The second kappa shape index (κ2) is 11.8. The molecule has 1 N–H and O–H groups in total. The van der Waals surface area contributed by atoms with Gasteiger partial charge in [0.1, 0.15) is 17.3 Å². The summed E-state index contributed by atoms with van der Waals surface area (Å²) in [7, 11) is 0. The van der Waals surface area contributed by atoms with E-state index in [4.69, 9.17) is 4.98 Å². The van der Waals surface area contributed by atoms with E-state index in [0.29, 0.717) is 55.1 Å². The van der Waals surface area contributed by atoms with Gasteiger partial charge in [-0.2, -0.15) is 4.98 Å². The zero-order chi connectivity index (χ0) is 31.1. The van der Waals surface area contributed by atoms with Crippen LogP contribution in [0.25, 0.3) is 28.0 Å². The molecule has 0 spiro atoms. The zero-order valence-electron chi connectivity index (χ0n) is 25.1. The molecule has 0 saturated carbocycles. The quantitative estimate of drug-likeness (QED) is 0.323. The lowest BCUT2D eigenvalue weighted by atomic mass is 10.00. The Morgan fingerprint density at radius 1 is 1.14 bits per heavy atom. The molecule has 9 nitrogen and oxygen atoms in total. The van der Waals surface area contributed by atoms with Gasteiger partial charge < -0.3 is 15.1 Å². The molecule has 1 fully saturated rings. The molecular formula is C33H35F2N7O2. The van der Waals surface area contributed by atoms with Crippen LogP contribution >= 0.6 is 0 Å². The monoisotopic (exact) mass is 599 g/mol. The Morgan fingerprint density at radius 2 is 1.95 bits per heavy atom. The highest BCUT2D eigenvalue weighted by molar-refractivity contribution is 5.92. The van der Waals surface area contributed by atoms with Gasteiger partial charge >= 0.3 is 5.69 Å². The number of aromatic nitrogens is 4. The number of hydrogen-bond acceptors (Lipinski definition) is 7. The summed E-state index contributed by atoms with van der Waals surface area (Å²) in [5.74, 6) is -1.32. The number of rotatable bonds is 3. The molecule has 1 saturated heterocycles. The van der Waals surface area contributed by atoms with Crippen molar-refractivity contribution in [2.75, 3.05) is 36.4 Å². The van der Waals surface area contributed by atoms with E-state index in [0.717, 1.165) is 18.4 Å². The van der Waals surface area contributed by atoms with E-state index in [1.54, 1.807) is 23.2 Å². The smallest absolute Gasteiger partial charge is 0.355 e. The molecule has 0 aliphatic carbocycles. The first-order valence-corrected chi connectivity index (χ1v) is 15.0. The highest BCUT2D eigenvalue weighted by Gasteiger charge is 2.31. The van der Waals surface area contributed by atoms with E-state index in [2.05, 4.69) is 21.9 Å². The molecule has 0 radical (unpaired) electrons. The number of pyridine rings is 2. The number of nitrogens with zero attached hydrogens (tertiary/aromatic N) is 6. The maximum absolute atomic E-state index is 16.2. The third-order valence-corrected chi connectivity index (χ3v) is 8.43. The van der Waals surface area contributed by atoms with Crippen LogP contribution in [0.2, 0.25) is 0 Å². The number of carbonyl (C=O) groups excluding carboxylic acids is 1. The number of piperazine rings is 1. The molecule has 0 unspecified atom stereocenters. The van der Waals surface area contributed by atoms with E-state index in [9.17, 15) is 9.59 Å². The van der Waals surface area contributed by atoms with Crippen LogP contribution in [0.15, 0.2) is 54.0 Å². The second-order valence-corrected chi connectivity index (χ2v) is 11.7. The molecule has 3 aromatic heterocycles. The summed E-state index contributed by atoms with van der Waals surface area (Å²) >= 11 is 0. The van der Waals surface area contributed by atoms with Crippen molar-refractivity contribution in [3.05, 3.63) is 82.6 Å². The second-order valence-electron chi connectivity index (χ2n) is 11.7. The Kier molecular flexibility index (Phi) is 7.87. The Morgan fingerprint density at radius 3 is 2.70 bits per heavy atom. The topological polar surface area (TPSA) is 96.3 Å². The highest BCUT2D eigenvalue weighted by atomic mass is 19.1. The highest BCUT2D eigenvalue weighted by Crippen LogP contribution is 2.37. The number of aryl methyl sites for hydroxylation is 1. The normalized spacial score (nSPS) is 16.9. The average molecular weight is 600 g/mol. The zero-order valence-corrected chi connectivity index (χ0v) is 25.1. The molecule has 1 amide bonds. The van der Waals surface area contributed by atoms with Crippen molar-refractivity contribution in [3.63, 3.8) is 0 Å². The number of fused-ring (bicyclic) bond motifs is 5. The Balaban J connectivity index is 1.68. The number of hydrogen-bond donors (Lipinski definition) is 1. The van der Waals surface area contributed by atoms with Crippen molar-refractivity contribution in [1.29, 1.82) is 0 Å². The number of anilines is 2. The van der Waals surface area contributed by atoms with Gasteiger partial charge in [-0.05, 0) is 68.0 Å². The summed E-state index contributed by atoms with van der Waals surface area (Å²) in [4.78, 5) is 44.1. The first-order valence-electron chi connectivity index (χ1n) is 15.0. The molecule has 6 rings (SSSR count). The number of carbonyl (C=O) groups is 1. The van der Waals surface area contributed by atoms with Gasteiger partial charge in [-0.3, -0.25) is 9.78 Å². The van der Waals surface area contributed by atoms with Gasteiger partial charge in [-0.25, -0.2) is 23.1 Å². The van der Waals surface area contributed by atoms with Gasteiger partial charge in [0.15, 0.2) is 11.5 Å². The largest absolute Gasteiger partial charge is 0.384 e. The lowest BCUT2D eigenvalue weighted by Crippen LogP contribution is -2.54. The van der Waals surface area contributed by atoms with Gasteiger partial charge in [0.25, 0.3) is 0 Å². The summed E-state index contributed by atoms with van der Waals surface area (Å²) in [6.45, 7) is 11.2. The van der Waals surface area contributed by atoms with Crippen molar-refractivity contribution in [2.45, 2.75) is 52.0 Å². The Bertz CT molecular complexity index is 1840. The van der Waals surface area contributed by atoms with Gasteiger partial charge in [-0.1, -0.05) is 26.5 Å². The van der Waals surface area contributed by atoms with Crippen LogP contribution in [-0.2, 0) is 11.2 Å².